The van der Waals surface area contributed by atoms with Crippen LogP contribution in [0.1, 0.15) is 64.7 Å². The highest BCUT2D eigenvalue weighted by atomic mass is 32.2. The third-order valence-electron chi connectivity index (χ3n) is 5.20. The number of nitrogens with one attached hydrogen (secondary N) is 1. The minimum atomic E-state index is -3.04. The van der Waals surface area contributed by atoms with E-state index in [9.17, 15) is 18.0 Å². The molecule has 1 unspecified atom stereocenters. The van der Waals surface area contributed by atoms with Gasteiger partial charge in [0.05, 0.1) is 29.7 Å². The molecule has 2 aliphatic rings. The van der Waals surface area contributed by atoms with E-state index in [1.54, 1.807) is 41.9 Å². The largest absolute Gasteiger partial charge is 0.462 e. The second-order valence-corrected chi connectivity index (χ2v) is 9.71. The number of sulfone groups is 1. The minimum Gasteiger partial charge on any atom is -0.462 e. The molecule has 2 aromatic rings. The summed E-state index contributed by atoms with van der Waals surface area (Å²) in [5.41, 5.74) is 2.15. The third kappa shape index (κ3) is 4.34. The van der Waals surface area contributed by atoms with Gasteiger partial charge < -0.3 is 10.1 Å². The Morgan fingerprint density at radius 2 is 1.93 bits per heavy atom. The molecule has 0 radical (unpaired) electrons. The lowest BCUT2D eigenvalue weighted by Gasteiger charge is -2.12. The second kappa shape index (κ2) is 7.62. The smallest absolute Gasteiger partial charge is 0.338 e. The topological polar surface area (TPSA) is 107 Å². The lowest BCUT2D eigenvalue weighted by Crippen LogP contribution is -2.17. The highest BCUT2D eigenvalue weighted by Crippen LogP contribution is 2.42. The zero-order valence-corrected chi connectivity index (χ0v) is 16.9. The minimum absolute atomic E-state index is 0.0742. The number of nitrogens with zero attached hydrogens (tertiary/aromatic N) is 2. The van der Waals surface area contributed by atoms with Crippen LogP contribution in [0.2, 0.25) is 0 Å². The molecular formula is C20H23N3O5S. The van der Waals surface area contributed by atoms with Gasteiger partial charge in [-0.05, 0) is 56.5 Å². The molecular weight excluding hydrogens is 394 g/mol. The van der Waals surface area contributed by atoms with E-state index in [2.05, 4.69) is 10.4 Å². The zero-order valence-electron chi connectivity index (χ0n) is 16.1. The number of anilines is 1. The summed E-state index contributed by atoms with van der Waals surface area (Å²) in [6.45, 7) is 2.04. The standard InChI is InChI=1S/C20H23N3O5S/c1-2-28-20(25)14-5-7-15(8-6-14)21-19(24)17-11-18(13-3-4-13)23(22-17)16-9-10-29(26,27)12-16/h5-8,11,13,16H,2-4,9-10,12H2,1H3,(H,21,24). The molecule has 29 heavy (non-hydrogen) atoms. The van der Waals surface area contributed by atoms with Crippen LogP contribution in [0, 0.1) is 0 Å². The summed E-state index contributed by atoms with van der Waals surface area (Å²) >= 11 is 0. The van der Waals surface area contributed by atoms with Crippen molar-refractivity contribution < 1.29 is 22.7 Å². The average molecular weight is 417 g/mol. The van der Waals surface area contributed by atoms with Crippen molar-refractivity contribution >= 4 is 27.4 Å². The van der Waals surface area contributed by atoms with Gasteiger partial charge in [0.1, 0.15) is 0 Å². The first kappa shape index (κ1) is 19.6. The van der Waals surface area contributed by atoms with Crippen LogP contribution in [-0.4, -0.2) is 48.2 Å². The van der Waals surface area contributed by atoms with Gasteiger partial charge in [0, 0.05) is 17.3 Å². The lowest BCUT2D eigenvalue weighted by atomic mass is 10.2. The summed E-state index contributed by atoms with van der Waals surface area (Å²) in [4.78, 5) is 24.4. The Morgan fingerprint density at radius 3 is 2.52 bits per heavy atom. The van der Waals surface area contributed by atoms with E-state index >= 15 is 0 Å². The first-order chi connectivity index (χ1) is 13.9. The van der Waals surface area contributed by atoms with E-state index < -0.39 is 15.8 Å². The van der Waals surface area contributed by atoms with Crippen molar-refractivity contribution in [1.82, 2.24) is 9.78 Å². The summed E-state index contributed by atoms with van der Waals surface area (Å²) < 4.78 is 30.4. The molecule has 0 bridgehead atoms. The number of carbonyl (C=O) groups is 2. The Morgan fingerprint density at radius 1 is 1.21 bits per heavy atom. The number of carbonyl (C=O) groups excluding carboxylic acids is 2. The van der Waals surface area contributed by atoms with Crippen LogP contribution in [0.4, 0.5) is 5.69 Å². The fraction of sp³-hybridized carbons (Fsp3) is 0.450. The van der Waals surface area contributed by atoms with E-state index in [1.165, 1.54) is 0 Å². The van der Waals surface area contributed by atoms with E-state index in [0.29, 0.717) is 30.2 Å². The number of hydrogen-bond donors (Lipinski definition) is 1. The Balaban J connectivity index is 1.50. The molecule has 2 fully saturated rings. The van der Waals surface area contributed by atoms with E-state index in [-0.39, 0.29) is 29.1 Å². The summed E-state index contributed by atoms with van der Waals surface area (Å²) in [6.07, 6.45) is 2.59. The fourth-order valence-electron chi connectivity index (χ4n) is 3.56. The van der Waals surface area contributed by atoms with Crippen LogP contribution in [0.25, 0.3) is 0 Å². The van der Waals surface area contributed by atoms with Gasteiger partial charge in [-0.3, -0.25) is 9.48 Å². The maximum absolute atomic E-state index is 12.7. The van der Waals surface area contributed by atoms with Crippen LogP contribution >= 0.6 is 0 Å². The highest BCUT2D eigenvalue weighted by molar-refractivity contribution is 7.91. The summed E-state index contributed by atoms with van der Waals surface area (Å²) in [5.74, 6) is -0.197. The number of hydrogen-bond acceptors (Lipinski definition) is 6. The van der Waals surface area contributed by atoms with Crippen molar-refractivity contribution in [3.05, 3.63) is 47.3 Å². The molecule has 1 saturated heterocycles. The number of esters is 1. The van der Waals surface area contributed by atoms with Crippen molar-refractivity contribution in [2.24, 2.45) is 0 Å². The molecule has 1 aromatic carbocycles. The molecule has 4 rings (SSSR count). The van der Waals surface area contributed by atoms with Crippen molar-refractivity contribution in [3.8, 4) is 0 Å². The SMILES string of the molecule is CCOC(=O)c1ccc(NC(=O)c2cc(C3CC3)n(C3CCS(=O)(=O)C3)n2)cc1. The molecule has 2 heterocycles. The van der Waals surface area contributed by atoms with Crippen molar-refractivity contribution in [1.29, 1.82) is 0 Å². The average Bonchev–Trinajstić information content (AvgIpc) is 3.33. The first-order valence-electron chi connectivity index (χ1n) is 9.74. The Hall–Kier alpha value is -2.68. The highest BCUT2D eigenvalue weighted by Gasteiger charge is 2.36. The van der Waals surface area contributed by atoms with Gasteiger partial charge in [-0.2, -0.15) is 5.10 Å². The zero-order chi connectivity index (χ0) is 20.6. The maximum Gasteiger partial charge on any atom is 0.338 e. The number of ether oxygens (including phenoxy) is 1. The van der Waals surface area contributed by atoms with E-state index in [0.717, 1.165) is 18.5 Å². The maximum atomic E-state index is 12.7. The second-order valence-electron chi connectivity index (χ2n) is 7.48. The summed E-state index contributed by atoms with van der Waals surface area (Å²) in [6, 6.07) is 8.00. The molecule has 1 atom stereocenters. The van der Waals surface area contributed by atoms with Gasteiger partial charge in [-0.15, -0.1) is 0 Å². The molecule has 8 nitrogen and oxygen atoms in total. The molecule has 1 aliphatic carbocycles. The van der Waals surface area contributed by atoms with Gasteiger partial charge in [-0.1, -0.05) is 0 Å². The van der Waals surface area contributed by atoms with Crippen LogP contribution in [0.3, 0.4) is 0 Å². The van der Waals surface area contributed by atoms with Gasteiger partial charge >= 0.3 is 5.97 Å². The van der Waals surface area contributed by atoms with Crippen LogP contribution < -0.4 is 5.32 Å². The molecule has 0 spiro atoms. The lowest BCUT2D eigenvalue weighted by molar-refractivity contribution is 0.0526. The molecule has 1 saturated carbocycles. The predicted molar refractivity (Wildman–Crippen MR) is 107 cm³/mol. The van der Waals surface area contributed by atoms with Crippen molar-refractivity contribution in [2.45, 2.75) is 38.1 Å². The van der Waals surface area contributed by atoms with Crippen molar-refractivity contribution in [3.63, 3.8) is 0 Å². The Bertz CT molecular complexity index is 1040. The van der Waals surface area contributed by atoms with Crippen molar-refractivity contribution in [2.75, 3.05) is 23.4 Å². The Labute approximate surface area is 169 Å². The van der Waals surface area contributed by atoms with Gasteiger partial charge in [0.15, 0.2) is 15.5 Å². The number of amides is 1. The van der Waals surface area contributed by atoms with Crippen LogP contribution in [0.5, 0.6) is 0 Å². The van der Waals surface area contributed by atoms with Gasteiger partial charge in [-0.25, -0.2) is 13.2 Å². The molecule has 9 heteroatoms. The molecule has 154 valence electrons. The summed E-state index contributed by atoms with van der Waals surface area (Å²) in [7, 11) is -3.04. The quantitative estimate of drug-likeness (QED) is 0.724. The molecule has 1 aromatic heterocycles. The van der Waals surface area contributed by atoms with Gasteiger partial charge in [0.2, 0.25) is 0 Å². The summed E-state index contributed by atoms with van der Waals surface area (Å²) in [5, 5.41) is 7.23. The molecule has 1 amide bonds. The normalized spacial score (nSPS) is 20.4. The number of benzene rings is 1. The van der Waals surface area contributed by atoms with Gasteiger partial charge in [0.25, 0.3) is 5.91 Å². The third-order valence-corrected chi connectivity index (χ3v) is 6.95. The monoisotopic (exact) mass is 417 g/mol. The number of rotatable bonds is 6. The Kier molecular flexibility index (Phi) is 5.16. The predicted octanol–water partition coefficient (Wildman–Crippen LogP) is 2.55. The molecule has 1 N–H and O–H groups in total. The van der Waals surface area contributed by atoms with Crippen LogP contribution in [-0.2, 0) is 14.6 Å². The van der Waals surface area contributed by atoms with E-state index in [1.807, 2.05) is 0 Å². The van der Waals surface area contributed by atoms with Crippen LogP contribution in [0.15, 0.2) is 30.3 Å². The first-order valence-corrected chi connectivity index (χ1v) is 11.6. The van der Waals surface area contributed by atoms with E-state index in [4.69, 9.17) is 4.74 Å². The molecule has 1 aliphatic heterocycles. The fourth-order valence-corrected chi connectivity index (χ4v) is 5.26. The number of aromatic nitrogens is 2.